The van der Waals surface area contributed by atoms with Crippen LogP contribution in [0.25, 0.3) is 0 Å². The molecule has 0 aromatic heterocycles. The maximum Gasteiger partial charge on any atom is 0.122 e. The second-order valence-corrected chi connectivity index (χ2v) is 4.76. The lowest BCUT2D eigenvalue weighted by Gasteiger charge is -2.08. The summed E-state index contributed by atoms with van der Waals surface area (Å²) in [5, 5.41) is 3.45. The van der Waals surface area contributed by atoms with Crippen LogP contribution >= 0.6 is 0 Å². The lowest BCUT2D eigenvalue weighted by Crippen LogP contribution is -1.99. The van der Waals surface area contributed by atoms with Crippen LogP contribution < -0.4 is 10.1 Å². The highest BCUT2D eigenvalue weighted by molar-refractivity contribution is 5.52. The lowest BCUT2D eigenvalue weighted by atomic mass is 10.1. The van der Waals surface area contributed by atoms with Gasteiger partial charge in [-0.25, -0.2) is 0 Å². The third-order valence-electron chi connectivity index (χ3n) is 3.31. The fraction of sp³-hybridized carbons (Fsp3) is 0.250. The van der Waals surface area contributed by atoms with Gasteiger partial charge in [0.1, 0.15) is 5.75 Å². The molecule has 1 aliphatic rings. The van der Waals surface area contributed by atoms with Crippen molar-refractivity contribution in [1.29, 1.82) is 0 Å². The number of fused-ring (bicyclic) bond motifs is 1. The van der Waals surface area contributed by atoms with Gasteiger partial charge >= 0.3 is 0 Å². The summed E-state index contributed by atoms with van der Waals surface area (Å²) in [4.78, 5) is 0. The minimum atomic E-state index is 0.816. The summed E-state index contributed by atoms with van der Waals surface area (Å²) in [7, 11) is 0. The van der Waals surface area contributed by atoms with Crippen LogP contribution in [0.3, 0.4) is 0 Å². The molecule has 18 heavy (non-hydrogen) atoms. The Morgan fingerprint density at radius 3 is 2.78 bits per heavy atom. The molecule has 0 unspecified atom stereocenters. The summed E-state index contributed by atoms with van der Waals surface area (Å²) in [5.41, 5.74) is 5.08. The Kier molecular flexibility index (Phi) is 2.93. The molecule has 1 aliphatic heterocycles. The Morgan fingerprint density at radius 1 is 1.11 bits per heavy atom. The topological polar surface area (TPSA) is 21.3 Å². The van der Waals surface area contributed by atoms with Crippen LogP contribution in [0.2, 0.25) is 0 Å². The van der Waals surface area contributed by atoms with Gasteiger partial charge < -0.3 is 10.1 Å². The van der Waals surface area contributed by atoms with Crippen molar-refractivity contribution >= 4 is 5.69 Å². The van der Waals surface area contributed by atoms with E-state index in [1.165, 1.54) is 22.4 Å². The second kappa shape index (κ2) is 4.73. The zero-order chi connectivity index (χ0) is 12.4. The Bertz CT molecular complexity index is 546. The van der Waals surface area contributed by atoms with Crippen molar-refractivity contribution in [3.8, 4) is 5.75 Å². The molecule has 0 saturated carbocycles. The summed E-state index contributed by atoms with van der Waals surface area (Å²) >= 11 is 0. The summed E-state index contributed by atoms with van der Waals surface area (Å²) in [6, 6.07) is 15.0. The minimum absolute atomic E-state index is 0.816. The van der Waals surface area contributed by atoms with Crippen molar-refractivity contribution in [2.24, 2.45) is 0 Å². The van der Waals surface area contributed by atoms with Crippen molar-refractivity contribution in [3.63, 3.8) is 0 Å². The van der Waals surface area contributed by atoms with E-state index in [1.807, 2.05) is 0 Å². The molecule has 2 heteroatoms. The number of hydrogen-bond donors (Lipinski definition) is 1. The molecule has 0 bridgehead atoms. The van der Waals surface area contributed by atoms with Crippen molar-refractivity contribution in [2.45, 2.75) is 19.9 Å². The van der Waals surface area contributed by atoms with Gasteiger partial charge in [-0.15, -0.1) is 0 Å². The highest BCUT2D eigenvalue weighted by Crippen LogP contribution is 2.27. The van der Waals surface area contributed by atoms with E-state index in [0.29, 0.717) is 0 Å². The lowest BCUT2D eigenvalue weighted by molar-refractivity contribution is 0.357. The number of hydrogen-bond acceptors (Lipinski definition) is 2. The van der Waals surface area contributed by atoms with Crippen LogP contribution in [0.15, 0.2) is 42.5 Å². The fourth-order valence-corrected chi connectivity index (χ4v) is 2.21. The van der Waals surface area contributed by atoms with E-state index in [0.717, 1.165) is 25.3 Å². The molecule has 2 nitrogen and oxygen atoms in total. The highest BCUT2D eigenvalue weighted by Gasteiger charge is 2.11. The monoisotopic (exact) mass is 239 g/mol. The number of aryl methyl sites for hydroxylation is 1. The molecule has 2 aromatic rings. The average Bonchev–Trinajstić information content (AvgIpc) is 2.85. The van der Waals surface area contributed by atoms with Crippen LogP contribution in [0.4, 0.5) is 5.69 Å². The van der Waals surface area contributed by atoms with Crippen LogP contribution in [0.1, 0.15) is 16.7 Å². The molecule has 3 rings (SSSR count). The Balaban J connectivity index is 1.68. The third kappa shape index (κ3) is 2.33. The number of ether oxygens (including phenoxy) is 1. The molecular weight excluding hydrogens is 222 g/mol. The smallest absolute Gasteiger partial charge is 0.122 e. The molecule has 1 N–H and O–H groups in total. The van der Waals surface area contributed by atoms with Gasteiger partial charge in [0.25, 0.3) is 0 Å². The first-order valence-electron chi connectivity index (χ1n) is 6.36. The number of rotatable bonds is 3. The van der Waals surface area contributed by atoms with E-state index in [2.05, 4.69) is 54.7 Å². The van der Waals surface area contributed by atoms with Gasteiger partial charge in [0.15, 0.2) is 0 Å². The molecule has 0 fully saturated rings. The van der Waals surface area contributed by atoms with E-state index >= 15 is 0 Å². The third-order valence-corrected chi connectivity index (χ3v) is 3.31. The minimum Gasteiger partial charge on any atom is -0.493 e. The van der Waals surface area contributed by atoms with E-state index in [1.54, 1.807) is 0 Å². The summed E-state index contributed by atoms with van der Waals surface area (Å²) < 4.78 is 5.50. The van der Waals surface area contributed by atoms with E-state index < -0.39 is 0 Å². The predicted octanol–water partition coefficient (Wildman–Crippen LogP) is 3.54. The zero-order valence-corrected chi connectivity index (χ0v) is 10.6. The van der Waals surface area contributed by atoms with Gasteiger partial charge in [0.05, 0.1) is 6.61 Å². The van der Waals surface area contributed by atoms with Crippen molar-refractivity contribution in [1.82, 2.24) is 0 Å². The highest BCUT2D eigenvalue weighted by atomic mass is 16.5. The van der Waals surface area contributed by atoms with Crippen LogP contribution in [0, 0.1) is 6.92 Å². The number of anilines is 1. The number of benzene rings is 2. The summed E-state index contributed by atoms with van der Waals surface area (Å²) in [5.74, 6) is 1.04. The largest absolute Gasteiger partial charge is 0.493 e. The molecule has 0 saturated heterocycles. The fourth-order valence-electron chi connectivity index (χ4n) is 2.21. The maximum atomic E-state index is 5.50. The van der Waals surface area contributed by atoms with Crippen LogP contribution in [-0.2, 0) is 13.0 Å². The Morgan fingerprint density at radius 2 is 1.94 bits per heavy atom. The van der Waals surface area contributed by atoms with Gasteiger partial charge in [-0.2, -0.15) is 0 Å². The molecule has 92 valence electrons. The SMILES string of the molecule is Cc1ccc(CNc2ccc3c(c2)CCO3)cc1. The van der Waals surface area contributed by atoms with E-state index in [4.69, 9.17) is 4.74 Å². The van der Waals surface area contributed by atoms with Crippen LogP contribution in [0.5, 0.6) is 5.75 Å². The molecular formula is C16H17NO. The molecule has 0 radical (unpaired) electrons. The van der Waals surface area contributed by atoms with Gasteiger partial charge in [0, 0.05) is 18.7 Å². The molecule has 0 aliphatic carbocycles. The molecule has 0 atom stereocenters. The van der Waals surface area contributed by atoms with Gasteiger partial charge in [-0.05, 0) is 36.2 Å². The van der Waals surface area contributed by atoms with Gasteiger partial charge in [0.2, 0.25) is 0 Å². The first-order valence-corrected chi connectivity index (χ1v) is 6.36. The van der Waals surface area contributed by atoms with Crippen LogP contribution in [-0.4, -0.2) is 6.61 Å². The maximum absolute atomic E-state index is 5.50. The normalized spacial score (nSPS) is 12.9. The zero-order valence-electron chi connectivity index (χ0n) is 10.6. The van der Waals surface area contributed by atoms with Gasteiger partial charge in [-0.3, -0.25) is 0 Å². The molecule has 1 heterocycles. The predicted molar refractivity (Wildman–Crippen MR) is 74.1 cm³/mol. The molecule has 0 amide bonds. The van der Waals surface area contributed by atoms with Crippen molar-refractivity contribution in [3.05, 3.63) is 59.2 Å². The Hall–Kier alpha value is -1.96. The number of nitrogens with one attached hydrogen (secondary N) is 1. The first kappa shape index (κ1) is 11.1. The molecule has 2 aromatic carbocycles. The van der Waals surface area contributed by atoms with Crippen molar-refractivity contribution in [2.75, 3.05) is 11.9 Å². The summed E-state index contributed by atoms with van der Waals surface area (Å²) in [6.07, 6.45) is 1.02. The molecule has 0 spiro atoms. The average molecular weight is 239 g/mol. The van der Waals surface area contributed by atoms with Gasteiger partial charge in [-0.1, -0.05) is 29.8 Å². The second-order valence-electron chi connectivity index (χ2n) is 4.76. The quantitative estimate of drug-likeness (QED) is 0.884. The Labute approximate surface area is 108 Å². The first-order chi connectivity index (χ1) is 8.81. The summed E-state index contributed by atoms with van der Waals surface area (Å²) in [6.45, 7) is 3.79. The van der Waals surface area contributed by atoms with E-state index in [-0.39, 0.29) is 0 Å². The standard InChI is InChI=1S/C16H17NO/c1-12-2-4-13(5-3-12)11-17-15-6-7-16-14(10-15)8-9-18-16/h2-7,10,17H,8-9,11H2,1H3. The van der Waals surface area contributed by atoms with Crippen molar-refractivity contribution < 1.29 is 4.74 Å². The van der Waals surface area contributed by atoms with E-state index in [9.17, 15) is 0 Å².